The molecule has 1 aliphatic rings. The van der Waals surface area contributed by atoms with Gasteiger partial charge in [0.05, 0.1) is 22.9 Å². The zero-order valence-electron chi connectivity index (χ0n) is 14.1. The summed E-state index contributed by atoms with van der Waals surface area (Å²) < 4.78 is 35.6. The van der Waals surface area contributed by atoms with E-state index in [1.54, 1.807) is 13.8 Å². The van der Waals surface area contributed by atoms with Crippen LogP contribution in [0.5, 0.6) is 5.75 Å². The molecule has 1 aliphatic carbocycles. The van der Waals surface area contributed by atoms with Gasteiger partial charge in [0.2, 0.25) is 0 Å². The maximum Gasteiger partial charge on any atom is 0.199 e. The molecule has 0 amide bonds. The third-order valence-corrected chi connectivity index (χ3v) is 5.27. The molecule has 1 saturated carbocycles. The third kappa shape index (κ3) is 3.57. The van der Waals surface area contributed by atoms with Crippen LogP contribution < -0.4 is 4.74 Å². The van der Waals surface area contributed by atoms with Crippen LogP contribution in [0, 0.1) is 0 Å². The van der Waals surface area contributed by atoms with Gasteiger partial charge in [0, 0.05) is 17.7 Å². The standard InChI is InChI=1S/C17H18ClNO5S/c1-9(2)23-16-13(18)7-6-11(17(16)25(3,21)22)14(20)12-8-19-24-15(12)10-4-5-10/h6-10H,4-5H2,1-3H3. The number of benzene rings is 1. The van der Waals surface area contributed by atoms with E-state index in [9.17, 15) is 13.2 Å². The minimum absolute atomic E-state index is 0.00515. The molecular formula is C17H18ClNO5S. The van der Waals surface area contributed by atoms with Crippen molar-refractivity contribution in [3.63, 3.8) is 0 Å². The minimum Gasteiger partial charge on any atom is -0.488 e. The fourth-order valence-electron chi connectivity index (χ4n) is 2.64. The summed E-state index contributed by atoms with van der Waals surface area (Å²) in [6.45, 7) is 3.50. The van der Waals surface area contributed by atoms with E-state index in [4.69, 9.17) is 20.9 Å². The smallest absolute Gasteiger partial charge is 0.199 e. The van der Waals surface area contributed by atoms with Crippen molar-refractivity contribution in [2.75, 3.05) is 6.26 Å². The van der Waals surface area contributed by atoms with Crippen LogP contribution in [0.2, 0.25) is 5.02 Å². The number of ketones is 1. The van der Waals surface area contributed by atoms with E-state index in [1.807, 2.05) is 0 Å². The van der Waals surface area contributed by atoms with Crippen LogP contribution in [0.4, 0.5) is 0 Å². The molecule has 0 bridgehead atoms. The average molecular weight is 384 g/mol. The van der Waals surface area contributed by atoms with E-state index in [-0.39, 0.29) is 38.8 Å². The predicted octanol–water partition coefficient (Wildman–Crippen LogP) is 3.63. The first kappa shape index (κ1) is 17.9. The topological polar surface area (TPSA) is 86.5 Å². The lowest BCUT2D eigenvalue weighted by molar-refractivity contribution is 0.103. The SMILES string of the molecule is CC(C)Oc1c(Cl)ccc(C(=O)c2cnoc2C2CC2)c1S(C)(=O)=O. The minimum atomic E-state index is -3.77. The average Bonchev–Trinajstić information content (AvgIpc) is 3.24. The summed E-state index contributed by atoms with van der Waals surface area (Å²) in [7, 11) is -3.77. The number of rotatable bonds is 6. The highest BCUT2D eigenvalue weighted by Crippen LogP contribution is 2.43. The van der Waals surface area contributed by atoms with Crippen molar-refractivity contribution in [1.82, 2.24) is 5.16 Å². The summed E-state index contributed by atoms with van der Waals surface area (Å²) in [4.78, 5) is 12.8. The summed E-state index contributed by atoms with van der Waals surface area (Å²) in [6, 6.07) is 2.86. The van der Waals surface area contributed by atoms with E-state index in [1.165, 1.54) is 18.3 Å². The second-order valence-corrected chi connectivity index (χ2v) is 8.76. The Morgan fingerprint density at radius 1 is 1.32 bits per heavy atom. The number of ether oxygens (including phenoxy) is 1. The van der Waals surface area contributed by atoms with Crippen molar-refractivity contribution >= 4 is 27.2 Å². The maximum atomic E-state index is 13.0. The van der Waals surface area contributed by atoms with Gasteiger partial charge in [0.25, 0.3) is 0 Å². The van der Waals surface area contributed by atoms with Crippen molar-refractivity contribution in [1.29, 1.82) is 0 Å². The fourth-order valence-corrected chi connectivity index (χ4v) is 3.95. The molecule has 0 atom stereocenters. The summed E-state index contributed by atoms with van der Waals surface area (Å²) in [5.41, 5.74) is 0.290. The lowest BCUT2D eigenvalue weighted by Gasteiger charge is -2.17. The second kappa shape index (κ2) is 6.46. The molecule has 25 heavy (non-hydrogen) atoms. The van der Waals surface area contributed by atoms with Crippen molar-refractivity contribution in [2.45, 2.75) is 43.6 Å². The first-order valence-electron chi connectivity index (χ1n) is 7.88. The Labute approximate surface area is 151 Å². The third-order valence-electron chi connectivity index (χ3n) is 3.82. The van der Waals surface area contributed by atoms with Crippen molar-refractivity contribution in [3.8, 4) is 5.75 Å². The first-order valence-corrected chi connectivity index (χ1v) is 10.2. The molecule has 0 saturated heterocycles. The number of carbonyl (C=O) groups is 1. The van der Waals surface area contributed by atoms with Crippen LogP contribution in [0.15, 0.2) is 27.7 Å². The zero-order valence-corrected chi connectivity index (χ0v) is 15.6. The monoisotopic (exact) mass is 383 g/mol. The number of halogens is 1. The van der Waals surface area contributed by atoms with Crippen molar-refractivity contribution < 1.29 is 22.5 Å². The molecule has 8 heteroatoms. The van der Waals surface area contributed by atoms with Gasteiger partial charge >= 0.3 is 0 Å². The Balaban J connectivity index is 2.18. The van der Waals surface area contributed by atoms with Gasteiger partial charge in [-0.1, -0.05) is 16.8 Å². The van der Waals surface area contributed by atoms with Crippen LogP contribution in [0.25, 0.3) is 0 Å². The Kier molecular flexibility index (Phi) is 4.64. The lowest BCUT2D eigenvalue weighted by atomic mass is 10.0. The molecule has 0 unspecified atom stereocenters. The number of nitrogens with zero attached hydrogens (tertiary/aromatic N) is 1. The summed E-state index contributed by atoms with van der Waals surface area (Å²) in [5.74, 6) is 0.204. The van der Waals surface area contributed by atoms with E-state index in [0.717, 1.165) is 19.1 Å². The van der Waals surface area contributed by atoms with Gasteiger partial charge in [-0.3, -0.25) is 4.79 Å². The molecule has 134 valence electrons. The molecular weight excluding hydrogens is 366 g/mol. The van der Waals surface area contributed by atoms with Crippen LogP contribution in [-0.4, -0.2) is 31.7 Å². The highest BCUT2D eigenvalue weighted by atomic mass is 35.5. The maximum absolute atomic E-state index is 13.0. The number of hydrogen-bond acceptors (Lipinski definition) is 6. The Hall–Kier alpha value is -1.86. The van der Waals surface area contributed by atoms with Crippen LogP contribution in [0.3, 0.4) is 0 Å². The first-order chi connectivity index (χ1) is 11.7. The highest BCUT2D eigenvalue weighted by molar-refractivity contribution is 7.91. The summed E-state index contributed by atoms with van der Waals surface area (Å²) >= 11 is 6.14. The quantitative estimate of drug-likeness (QED) is 0.708. The van der Waals surface area contributed by atoms with Crippen LogP contribution in [-0.2, 0) is 9.84 Å². The molecule has 0 spiro atoms. The molecule has 0 N–H and O–H groups in total. The summed E-state index contributed by atoms with van der Waals surface area (Å²) in [6.07, 6.45) is 3.91. The van der Waals surface area contributed by atoms with E-state index >= 15 is 0 Å². The number of hydrogen-bond donors (Lipinski definition) is 0. The molecule has 0 aliphatic heterocycles. The molecule has 6 nitrogen and oxygen atoms in total. The number of aromatic nitrogens is 1. The van der Waals surface area contributed by atoms with E-state index < -0.39 is 15.6 Å². The molecule has 1 fully saturated rings. The molecule has 1 aromatic heterocycles. The molecule has 2 aromatic rings. The summed E-state index contributed by atoms with van der Waals surface area (Å²) in [5, 5.41) is 3.85. The number of sulfone groups is 1. The van der Waals surface area contributed by atoms with Gasteiger partial charge < -0.3 is 9.26 Å². The van der Waals surface area contributed by atoms with Gasteiger partial charge in [0.1, 0.15) is 4.90 Å². The largest absolute Gasteiger partial charge is 0.488 e. The highest BCUT2D eigenvalue weighted by Gasteiger charge is 2.35. The zero-order chi connectivity index (χ0) is 18.4. The van der Waals surface area contributed by atoms with Crippen molar-refractivity contribution in [3.05, 3.63) is 40.2 Å². The molecule has 0 radical (unpaired) electrons. The molecule has 1 heterocycles. The Bertz CT molecular complexity index is 929. The number of carbonyl (C=O) groups excluding carboxylic acids is 1. The van der Waals surface area contributed by atoms with Crippen molar-refractivity contribution in [2.24, 2.45) is 0 Å². The van der Waals surface area contributed by atoms with Gasteiger partial charge in [-0.15, -0.1) is 0 Å². The van der Waals surface area contributed by atoms with Gasteiger partial charge in [0.15, 0.2) is 27.1 Å². The van der Waals surface area contributed by atoms with E-state index in [0.29, 0.717) is 5.76 Å². The lowest BCUT2D eigenvalue weighted by Crippen LogP contribution is -2.15. The normalized spacial score (nSPS) is 14.8. The van der Waals surface area contributed by atoms with Crippen LogP contribution in [0.1, 0.15) is 54.3 Å². The van der Waals surface area contributed by atoms with Gasteiger partial charge in [-0.2, -0.15) is 0 Å². The molecule has 3 rings (SSSR count). The molecule has 1 aromatic carbocycles. The second-order valence-electron chi connectivity index (χ2n) is 6.40. The Morgan fingerprint density at radius 3 is 2.56 bits per heavy atom. The van der Waals surface area contributed by atoms with Gasteiger partial charge in [-0.05, 0) is 38.8 Å². The van der Waals surface area contributed by atoms with Crippen LogP contribution >= 0.6 is 11.6 Å². The Morgan fingerprint density at radius 2 is 2.00 bits per heavy atom. The van der Waals surface area contributed by atoms with Gasteiger partial charge in [-0.25, -0.2) is 8.42 Å². The van der Waals surface area contributed by atoms with E-state index in [2.05, 4.69) is 5.16 Å². The predicted molar refractivity (Wildman–Crippen MR) is 92.2 cm³/mol. The fraction of sp³-hybridized carbons (Fsp3) is 0.412.